The Morgan fingerprint density at radius 1 is 0.429 bits per heavy atom. The first-order valence-electron chi connectivity index (χ1n) is 9.58. The Bertz CT molecular complexity index is 1350. The van der Waals surface area contributed by atoms with Crippen LogP contribution in [0, 0.1) is 0 Å². The fourth-order valence-corrected chi connectivity index (χ4v) is 4.39. The second-order valence-electron chi connectivity index (χ2n) is 7.21. The number of pyridine rings is 1. The van der Waals surface area contributed by atoms with Gasteiger partial charge in [0, 0.05) is 10.9 Å². The third-order valence-corrected chi connectivity index (χ3v) is 5.63. The van der Waals surface area contributed by atoms with Crippen LogP contribution in [0.15, 0.2) is 103 Å². The average molecular weight is 355 g/mol. The molecule has 0 amide bonds. The number of rotatable bonds is 2. The molecule has 0 aliphatic heterocycles. The molecule has 0 unspecified atom stereocenters. The summed E-state index contributed by atoms with van der Waals surface area (Å²) in [6, 6.07) is 36.5. The van der Waals surface area contributed by atoms with E-state index in [9.17, 15) is 0 Å². The van der Waals surface area contributed by atoms with Gasteiger partial charge in [-0.25, -0.2) is 4.98 Å². The normalized spacial score (nSPS) is 11.6. The summed E-state index contributed by atoms with van der Waals surface area (Å²) in [6.07, 6.45) is 0. The summed E-state index contributed by atoms with van der Waals surface area (Å²) in [5, 5.41) is 1.27. The van der Waals surface area contributed by atoms with Crippen LogP contribution >= 0.6 is 0 Å². The molecule has 1 nitrogen and oxygen atoms in total. The number of hydrogen-bond acceptors (Lipinski definition) is 1. The summed E-state index contributed by atoms with van der Waals surface area (Å²) in [5.74, 6) is 0. The maximum Gasteiger partial charge on any atom is 0.0722 e. The zero-order valence-corrected chi connectivity index (χ0v) is 15.3. The first-order chi connectivity index (χ1) is 13.9. The molecule has 0 spiro atoms. The van der Waals surface area contributed by atoms with Gasteiger partial charge in [0.2, 0.25) is 0 Å². The monoisotopic (exact) mass is 355 g/mol. The molecule has 0 saturated heterocycles. The highest BCUT2D eigenvalue weighted by atomic mass is 14.7. The van der Waals surface area contributed by atoms with Crippen molar-refractivity contribution in [3.05, 3.63) is 103 Å². The smallest absolute Gasteiger partial charge is 0.0722 e. The van der Waals surface area contributed by atoms with Crippen molar-refractivity contribution in [1.82, 2.24) is 4.98 Å². The molecule has 6 rings (SSSR count). The van der Waals surface area contributed by atoms with Gasteiger partial charge >= 0.3 is 0 Å². The van der Waals surface area contributed by atoms with E-state index in [0.29, 0.717) is 0 Å². The maximum absolute atomic E-state index is 5.08. The minimum atomic E-state index is 1.02. The molecule has 1 aliphatic rings. The topological polar surface area (TPSA) is 12.9 Å². The van der Waals surface area contributed by atoms with E-state index in [-0.39, 0.29) is 0 Å². The van der Waals surface area contributed by atoms with E-state index in [0.717, 1.165) is 11.2 Å². The third kappa shape index (κ3) is 2.17. The summed E-state index contributed by atoms with van der Waals surface area (Å²) in [7, 11) is 0. The molecule has 1 aliphatic carbocycles. The molecule has 1 heterocycles. The van der Waals surface area contributed by atoms with Crippen LogP contribution < -0.4 is 0 Å². The quantitative estimate of drug-likeness (QED) is 0.319. The van der Waals surface area contributed by atoms with Crippen LogP contribution in [0.25, 0.3) is 55.5 Å². The van der Waals surface area contributed by atoms with E-state index in [1.54, 1.807) is 0 Å². The van der Waals surface area contributed by atoms with Crippen molar-refractivity contribution in [2.45, 2.75) is 0 Å². The average Bonchev–Trinajstić information content (AvgIpc) is 3.10. The van der Waals surface area contributed by atoms with Gasteiger partial charge in [-0.3, -0.25) is 0 Å². The largest absolute Gasteiger partial charge is 0.248 e. The van der Waals surface area contributed by atoms with Gasteiger partial charge in [-0.05, 0) is 45.5 Å². The minimum absolute atomic E-state index is 1.02. The number of nitrogens with zero attached hydrogens (tertiary/aromatic N) is 1. The Morgan fingerprint density at radius 3 is 1.82 bits per heavy atom. The van der Waals surface area contributed by atoms with Crippen LogP contribution in [0.4, 0.5) is 0 Å². The van der Waals surface area contributed by atoms with Gasteiger partial charge in [0.25, 0.3) is 0 Å². The predicted molar refractivity (Wildman–Crippen MR) is 117 cm³/mol. The molecule has 28 heavy (non-hydrogen) atoms. The molecule has 0 bridgehead atoms. The van der Waals surface area contributed by atoms with Crippen molar-refractivity contribution in [1.29, 1.82) is 0 Å². The van der Waals surface area contributed by atoms with Crippen molar-refractivity contribution in [2.75, 3.05) is 0 Å². The molecule has 4 aromatic carbocycles. The number of hydrogen-bond donors (Lipinski definition) is 0. The molecular formula is C27H17N. The molecule has 0 N–H and O–H groups in total. The maximum atomic E-state index is 5.08. The lowest BCUT2D eigenvalue weighted by atomic mass is 9.95. The van der Waals surface area contributed by atoms with Crippen LogP contribution in [0.1, 0.15) is 0 Å². The molecule has 5 aromatic rings. The highest BCUT2D eigenvalue weighted by Gasteiger charge is 2.22. The molecule has 1 aromatic heterocycles. The van der Waals surface area contributed by atoms with E-state index in [4.69, 9.17) is 4.98 Å². The second kappa shape index (κ2) is 5.90. The van der Waals surface area contributed by atoms with E-state index >= 15 is 0 Å². The van der Waals surface area contributed by atoms with Crippen LogP contribution in [-0.4, -0.2) is 4.98 Å². The molecule has 1 heteroatoms. The SMILES string of the molecule is c1ccc(-c2ccccc2-c2cc3c4c(cccc4n2)-c2ccccc2-3)cc1. The van der Waals surface area contributed by atoms with Crippen molar-refractivity contribution >= 4 is 10.9 Å². The Hall–Kier alpha value is -3.71. The van der Waals surface area contributed by atoms with Gasteiger partial charge < -0.3 is 0 Å². The van der Waals surface area contributed by atoms with Crippen LogP contribution in [0.3, 0.4) is 0 Å². The van der Waals surface area contributed by atoms with Crippen molar-refractivity contribution in [3.63, 3.8) is 0 Å². The minimum Gasteiger partial charge on any atom is -0.248 e. The standard InChI is InChI=1S/C27H17N/c1-2-9-18(10-3-1)19-11-4-7-14-22(19)26-17-24-21-13-6-5-12-20(21)23-15-8-16-25(28-26)27(23)24/h1-17H. The molecule has 0 saturated carbocycles. The molecule has 0 atom stereocenters. The number of benzene rings is 4. The predicted octanol–water partition coefficient (Wildman–Crippen LogP) is 7.22. The van der Waals surface area contributed by atoms with E-state index < -0.39 is 0 Å². The fraction of sp³-hybridized carbons (Fsp3) is 0. The Kier molecular flexibility index (Phi) is 3.24. The van der Waals surface area contributed by atoms with Gasteiger partial charge in [-0.1, -0.05) is 91.0 Å². The van der Waals surface area contributed by atoms with Crippen LogP contribution in [0.5, 0.6) is 0 Å². The lowest BCUT2D eigenvalue weighted by Gasteiger charge is -2.12. The summed E-state index contributed by atoms with van der Waals surface area (Å²) < 4.78 is 0. The van der Waals surface area contributed by atoms with Gasteiger partial charge in [0.1, 0.15) is 0 Å². The first-order valence-corrected chi connectivity index (χ1v) is 9.58. The summed E-state index contributed by atoms with van der Waals surface area (Å²) >= 11 is 0. The van der Waals surface area contributed by atoms with Gasteiger partial charge in [0.05, 0.1) is 11.2 Å². The van der Waals surface area contributed by atoms with E-state index in [1.165, 1.54) is 44.3 Å². The van der Waals surface area contributed by atoms with E-state index in [1.807, 2.05) is 0 Å². The van der Waals surface area contributed by atoms with Gasteiger partial charge in [0.15, 0.2) is 0 Å². The molecule has 0 fully saturated rings. The second-order valence-corrected chi connectivity index (χ2v) is 7.21. The zero-order valence-electron chi connectivity index (χ0n) is 15.3. The third-order valence-electron chi connectivity index (χ3n) is 5.63. The van der Waals surface area contributed by atoms with Gasteiger partial charge in [-0.2, -0.15) is 0 Å². The van der Waals surface area contributed by atoms with Crippen LogP contribution in [0.2, 0.25) is 0 Å². The van der Waals surface area contributed by atoms with Crippen molar-refractivity contribution in [3.8, 4) is 44.6 Å². The highest BCUT2D eigenvalue weighted by molar-refractivity contribution is 6.15. The Morgan fingerprint density at radius 2 is 1.04 bits per heavy atom. The summed E-state index contributed by atoms with van der Waals surface area (Å²) in [5.41, 5.74) is 10.9. The van der Waals surface area contributed by atoms with Crippen molar-refractivity contribution < 1.29 is 0 Å². The van der Waals surface area contributed by atoms with Gasteiger partial charge in [-0.15, -0.1) is 0 Å². The fourth-order valence-electron chi connectivity index (χ4n) is 4.39. The molecule has 0 radical (unpaired) electrons. The van der Waals surface area contributed by atoms with E-state index in [2.05, 4.69) is 103 Å². The number of aromatic nitrogens is 1. The van der Waals surface area contributed by atoms with Crippen LogP contribution in [-0.2, 0) is 0 Å². The Labute approximate surface area is 163 Å². The number of fused-ring (bicyclic) bond motifs is 3. The lowest BCUT2D eigenvalue weighted by Crippen LogP contribution is -1.90. The highest BCUT2D eigenvalue weighted by Crippen LogP contribution is 2.48. The molecule has 130 valence electrons. The summed E-state index contributed by atoms with van der Waals surface area (Å²) in [6.45, 7) is 0. The zero-order chi connectivity index (χ0) is 18.5. The van der Waals surface area contributed by atoms with Crippen molar-refractivity contribution in [2.24, 2.45) is 0 Å². The lowest BCUT2D eigenvalue weighted by molar-refractivity contribution is 1.40. The first kappa shape index (κ1) is 15.4. The summed E-state index contributed by atoms with van der Waals surface area (Å²) in [4.78, 5) is 5.08. The molecular weight excluding hydrogens is 338 g/mol. The Balaban J connectivity index is 1.66.